The van der Waals surface area contributed by atoms with Crippen molar-refractivity contribution in [3.05, 3.63) is 23.0 Å². The van der Waals surface area contributed by atoms with Crippen molar-refractivity contribution in [1.29, 1.82) is 0 Å². The van der Waals surface area contributed by atoms with Crippen LogP contribution in [0.15, 0.2) is 16.5 Å². The van der Waals surface area contributed by atoms with Crippen LogP contribution in [0.4, 0.5) is 0 Å². The Hall–Kier alpha value is -1.25. The van der Waals surface area contributed by atoms with Gasteiger partial charge in [0.05, 0.1) is 11.4 Å². The molecule has 0 aromatic carbocycles. The molecule has 2 aromatic heterocycles. The molecule has 0 aliphatic heterocycles. The molecule has 0 aliphatic carbocycles. The maximum atomic E-state index is 11.7. The first-order chi connectivity index (χ1) is 8.49. The highest BCUT2D eigenvalue weighted by molar-refractivity contribution is 7.89. The molecule has 2 aromatic rings. The molecule has 0 saturated carbocycles. The summed E-state index contributed by atoms with van der Waals surface area (Å²) >= 11 is 1.40. The van der Waals surface area contributed by atoms with Gasteiger partial charge >= 0.3 is 0 Å². The molecule has 0 radical (unpaired) electrons. The van der Waals surface area contributed by atoms with Gasteiger partial charge in [-0.25, -0.2) is 23.2 Å². The van der Waals surface area contributed by atoms with Gasteiger partial charge < -0.3 is 0 Å². The van der Waals surface area contributed by atoms with Crippen molar-refractivity contribution >= 4 is 21.4 Å². The monoisotopic (exact) mass is 286 g/mol. The standard InChI is InChI=1S/C10H14N4O2S2/c1-3-7-9(18(11,15)16)8(4-2)14(13-7)10-12-5-6-17-10/h5-6H,3-4H2,1-2H3,(H2,11,15,16). The van der Waals surface area contributed by atoms with Crippen molar-refractivity contribution in [3.8, 4) is 5.13 Å². The first-order valence-corrected chi connectivity index (χ1v) is 7.95. The molecule has 0 amide bonds. The highest BCUT2D eigenvalue weighted by Gasteiger charge is 2.25. The van der Waals surface area contributed by atoms with Crippen LogP contribution in [0.3, 0.4) is 0 Å². The summed E-state index contributed by atoms with van der Waals surface area (Å²) in [6, 6.07) is 0. The number of nitrogens with two attached hydrogens (primary N) is 1. The SMILES string of the molecule is CCc1nn(-c2nccs2)c(CC)c1S(N)(=O)=O. The summed E-state index contributed by atoms with van der Waals surface area (Å²) in [7, 11) is -3.77. The van der Waals surface area contributed by atoms with E-state index in [9.17, 15) is 8.42 Å². The minimum absolute atomic E-state index is 0.141. The van der Waals surface area contributed by atoms with Gasteiger partial charge in [0.15, 0.2) is 0 Å². The van der Waals surface area contributed by atoms with Crippen molar-refractivity contribution in [2.24, 2.45) is 5.14 Å². The summed E-state index contributed by atoms with van der Waals surface area (Å²) in [5.74, 6) is 0. The Morgan fingerprint density at radius 3 is 2.56 bits per heavy atom. The number of thiazole rings is 1. The molecule has 0 atom stereocenters. The van der Waals surface area contributed by atoms with Gasteiger partial charge in [0.2, 0.25) is 15.2 Å². The number of hydrogen-bond donors (Lipinski definition) is 1. The normalized spacial score (nSPS) is 11.9. The van der Waals surface area contributed by atoms with Gasteiger partial charge in [0.25, 0.3) is 0 Å². The average molecular weight is 286 g/mol. The van der Waals surface area contributed by atoms with Crippen LogP contribution in [0.25, 0.3) is 5.13 Å². The van der Waals surface area contributed by atoms with E-state index in [1.165, 1.54) is 11.3 Å². The molecule has 8 heteroatoms. The molecule has 0 aliphatic rings. The van der Waals surface area contributed by atoms with Crippen LogP contribution in [-0.2, 0) is 22.9 Å². The number of aryl methyl sites for hydroxylation is 1. The molecule has 18 heavy (non-hydrogen) atoms. The highest BCUT2D eigenvalue weighted by Crippen LogP contribution is 2.24. The molecule has 0 saturated heterocycles. The van der Waals surface area contributed by atoms with Gasteiger partial charge in [0, 0.05) is 11.6 Å². The maximum Gasteiger partial charge on any atom is 0.241 e. The van der Waals surface area contributed by atoms with E-state index in [1.54, 1.807) is 10.9 Å². The summed E-state index contributed by atoms with van der Waals surface area (Å²) < 4.78 is 24.9. The van der Waals surface area contributed by atoms with Crippen molar-refractivity contribution in [2.45, 2.75) is 31.6 Å². The van der Waals surface area contributed by atoms with Crippen molar-refractivity contribution in [1.82, 2.24) is 14.8 Å². The molecule has 6 nitrogen and oxygen atoms in total. The van der Waals surface area contributed by atoms with Gasteiger partial charge in [-0.05, 0) is 12.8 Å². The van der Waals surface area contributed by atoms with E-state index in [4.69, 9.17) is 5.14 Å². The molecule has 98 valence electrons. The van der Waals surface area contributed by atoms with E-state index < -0.39 is 10.0 Å². The van der Waals surface area contributed by atoms with Crippen LogP contribution in [0.2, 0.25) is 0 Å². The topological polar surface area (TPSA) is 90.9 Å². The Bertz CT molecular complexity index is 644. The Morgan fingerprint density at radius 2 is 2.11 bits per heavy atom. The van der Waals surface area contributed by atoms with Crippen LogP contribution < -0.4 is 5.14 Å². The second-order valence-electron chi connectivity index (χ2n) is 3.70. The third-order valence-electron chi connectivity index (χ3n) is 2.56. The fourth-order valence-corrected chi connectivity index (χ4v) is 3.53. The number of primary sulfonamides is 1. The number of aromatic nitrogens is 3. The Morgan fingerprint density at radius 1 is 1.39 bits per heavy atom. The smallest absolute Gasteiger partial charge is 0.227 e. The number of nitrogens with zero attached hydrogens (tertiary/aromatic N) is 3. The second kappa shape index (κ2) is 4.79. The molecule has 2 rings (SSSR count). The van der Waals surface area contributed by atoms with Gasteiger partial charge in [-0.1, -0.05) is 13.8 Å². The lowest BCUT2D eigenvalue weighted by Crippen LogP contribution is -2.15. The lowest BCUT2D eigenvalue weighted by Gasteiger charge is -2.03. The van der Waals surface area contributed by atoms with E-state index >= 15 is 0 Å². The van der Waals surface area contributed by atoms with E-state index in [0.717, 1.165) is 0 Å². The van der Waals surface area contributed by atoms with E-state index in [-0.39, 0.29) is 4.90 Å². The lowest BCUT2D eigenvalue weighted by atomic mass is 10.2. The molecule has 0 fully saturated rings. The molecular formula is C10H14N4O2S2. The Balaban J connectivity index is 2.75. The van der Waals surface area contributed by atoms with Crippen molar-refractivity contribution in [2.75, 3.05) is 0 Å². The summed E-state index contributed by atoms with van der Waals surface area (Å²) in [5, 5.41) is 12.1. The Labute approximate surface area is 110 Å². The lowest BCUT2D eigenvalue weighted by molar-refractivity contribution is 0.595. The van der Waals surface area contributed by atoms with Crippen LogP contribution in [0, 0.1) is 0 Å². The molecular weight excluding hydrogens is 272 g/mol. The van der Waals surface area contributed by atoms with Crippen LogP contribution in [0.5, 0.6) is 0 Å². The zero-order valence-electron chi connectivity index (χ0n) is 10.1. The predicted octanol–water partition coefficient (Wildman–Crippen LogP) is 1.10. The minimum Gasteiger partial charge on any atom is -0.227 e. The molecule has 0 bridgehead atoms. The Kier molecular flexibility index (Phi) is 3.51. The number of sulfonamides is 1. The van der Waals surface area contributed by atoms with Gasteiger partial charge in [-0.3, -0.25) is 0 Å². The molecule has 2 N–H and O–H groups in total. The van der Waals surface area contributed by atoms with Crippen molar-refractivity contribution < 1.29 is 8.42 Å². The van der Waals surface area contributed by atoms with Crippen molar-refractivity contribution in [3.63, 3.8) is 0 Å². The summed E-state index contributed by atoms with van der Waals surface area (Å²) in [6.07, 6.45) is 2.69. The van der Waals surface area contributed by atoms with E-state index in [0.29, 0.717) is 29.4 Å². The fourth-order valence-electron chi connectivity index (χ4n) is 1.84. The summed E-state index contributed by atoms with van der Waals surface area (Å²) in [4.78, 5) is 4.29. The van der Waals surface area contributed by atoms with E-state index in [2.05, 4.69) is 10.1 Å². The number of rotatable bonds is 4. The zero-order valence-corrected chi connectivity index (χ0v) is 11.8. The maximum absolute atomic E-state index is 11.7. The number of hydrogen-bond acceptors (Lipinski definition) is 5. The third-order valence-corrected chi connectivity index (χ3v) is 4.34. The second-order valence-corrected chi connectivity index (χ2v) is 6.07. The van der Waals surface area contributed by atoms with Crippen LogP contribution in [0.1, 0.15) is 25.2 Å². The fraction of sp³-hybridized carbons (Fsp3) is 0.400. The summed E-state index contributed by atoms with van der Waals surface area (Å²) in [6.45, 7) is 3.72. The summed E-state index contributed by atoms with van der Waals surface area (Å²) in [5.41, 5.74) is 1.08. The minimum atomic E-state index is -3.77. The third kappa shape index (κ3) is 2.18. The van der Waals surface area contributed by atoms with Gasteiger partial charge in [0.1, 0.15) is 4.90 Å². The van der Waals surface area contributed by atoms with Crippen LogP contribution >= 0.6 is 11.3 Å². The van der Waals surface area contributed by atoms with E-state index in [1.807, 2.05) is 19.2 Å². The largest absolute Gasteiger partial charge is 0.241 e. The quantitative estimate of drug-likeness (QED) is 0.911. The van der Waals surface area contributed by atoms with Gasteiger partial charge in [-0.15, -0.1) is 11.3 Å². The van der Waals surface area contributed by atoms with Gasteiger partial charge in [-0.2, -0.15) is 5.10 Å². The van der Waals surface area contributed by atoms with Crippen LogP contribution in [-0.4, -0.2) is 23.2 Å². The molecule has 0 unspecified atom stereocenters. The highest BCUT2D eigenvalue weighted by atomic mass is 32.2. The molecule has 2 heterocycles. The first kappa shape index (κ1) is 13.2. The first-order valence-electron chi connectivity index (χ1n) is 5.52. The predicted molar refractivity (Wildman–Crippen MR) is 69.4 cm³/mol. The molecule has 0 spiro atoms. The average Bonchev–Trinajstić information content (AvgIpc) is 2.93. The zero-order chi connectivity index (χ0) is 13.3.